The summed E-state index contributed by atoms with van der Waals surface area (Å²) in [6.07, 6.45) is 4.25. The van der Waals surface area contributed by atoms with Crippen molar-refractivity contribution in [2.24, 2.45) is 5.73 Å². The zero-order valence-electron chi connectivity index (χ0n) is 17.0. The van der Waals surface area contributed by atoms with Gasteiger partial charge in [-0.25, -0.2) is 0 Å². The molecule has 154 valence electrons. The SMILES string of the molecule is CN(CCc1ccccc1)C(=O)CC(N)c1ccc(C(=O)Nc2ccncc2)cc1. The van der Waals surface area contributed by atoms with Gasteiger partial charge in [-0.15, -0.1) is 0 Å². The lowest BCUT2D eigenvalue weighted by Crippen LogP contribution is -2.31. The monoisotopic (exact) mass is 402 g/mol. The predicted octanol–water partition coefficient (Wildman–Crippen LogP) is 3.42. The summed E-state index contributed by atoms with van der Waals surface area (Å²) in [6.45, 7) is 0.643. The van der Waals surface area contributed by atoms with E-state index in [1.54, 1.807) is 60.7 Å². The van der Waals surface area contributed by atoms with Crippen LogP contribution in [-0.4, -0.2) is 35.3 Å². The third-order valence-electron chi connectivity index (χ3n) is 4.94. The van der Waals surface area contributed by atoms with Crippen LogP contribution < -0.4 is 11.1 Å². The molecule has 6 heteroatoms. The molecule has 1 atom stereocenters. The van der Waals surface area contributed by atoms with E-state index >= 15 is 0 Å². The van der Waals surface area contributed by atoms with Crippen LogP contribution in [0.2, 0.25) is 0 Å². The van der Waals surface area contributed by atoms with Gasteiger partial charge in [0.25, 0.3) is 5.91 Å². The van der Waals surface area contributed by atoms with E-state index in [1.807, 2.05) is 18.2 Å². The first-order valence-electron chi connectivity index (χ1n) is 9.88. The minimum atomic E-state index is -0.422. The van der Waals surface area contributed by atoms with Gasteiger partial charge in [0.05, 0.1) is 0 Å². The van der Waals surface area contributed by atoms with Gasteiger partial charge in [-0.05, 0) is 41.8 Å². The fourth-order valence-electron chi connectivity index (χ4n) is 3.05. The number of nitrogens with one attached hydrogen (secondary N) is 1. The molecule has 30 heavy (non-hydrogen) atoms. The van der Waals surface area contributed by atoms with Crippen molar-refractivity contribution in [3.63, 3.8) is 0 Å². The topological polar surface area (TPSA) is 88.3 Å². The molecule has 0 bridgehead atoms. The van der Waals surface area contributed by atoms with Gasteiger partial charge in [0.15, 0.2) is 0 Å². The van der Waals surface area contributed by atoms with Crippen molar-refractivity contribution >= 4 is 17.5 Å². The van der Waals surface area contributed by atoms with E-state index in [0.29, 0.717) is 17.8 Å². The second-order valence-corrected chi connectivity index (χ2v) is 7.17. The Kier molecular flexibility index (Phi) is 7.29. The molecule has 3 N–H and O–H groups in total. The molecule has 6 nitrogen and oxygen atoms in total. The highest BCUT2D eigenvalue weighted by Crippen LogP contribution is 2.17. The highest BCUT2D eigenvalue weighted by atomic mass is 16.2. The van der Waals surface area contributed by atoms with Crippen LogP contribution in [0.1, 0.15) is 33.9 Å². The molecule has 0 radical (unpaired) electrons. The quantitative estimate of drug-likeness (QED) is 0.604. The Bertz CT molecular complexity index is 960. The Morgan fingerprint density at radius 2 is 1.67 bits per heavy atom. The smallest absolute Gasteiger partial charge is 0.255 e. The number of nitrogens with two attached hydrogens (primary N) is 1. The van der Waals surface area contributed by atoms with Crippen LogP contribution in [0, 0.1) is 0 Å². The van der Waals surface area contributed by atoms with Crippen LogP contribution in [0.25, 0.3) is 0 Å². The molecule has 0 aliphatic carbocycles. The molecule has 0 aliphatic rings. The summed E-state index contributed by atoms with van der Waals surface area (Å²) >= 11 is 0. The van der Waals surface area contributed by atoms with Gasteiger partial charge < -0.3 is 16.0 Å². The van der Waals surface area contributed by atoms with E-state index < -0.39 is 6.04 Å². The summed E-state index contributed by atoms with van der Waals surface area (Å²) in [7, 11) is 1.80. The Morgan fingerprint density at radius 1 is 1.00 bits per heavy atom. The first-order valence-corrected chi connectivity index (χ1v) is 9.88. The van der Waals surface area contributed by atoms with Crippen LogP contribution >= 0.6 is 0 Å². The number of benzene rings is 2. The number of aromatic nitrogens is 1. The van der Waals surface area contributed by atoms with Crippen molar-refractivity contribution in [1.82, 2.24) is 9.88 Å². The average molecular weight is 402 g/mol. The first kappa shape index (κ1) is 21.2. The number of hydrogen-bond donors (Lipinski definition) is 2. The minimum Gasteiger partial charge on any atom is -0.345 e. The van der Waals surface area contributed by atoms with E-state index in [0.717, 1.165) is 12.0 Å². The average Bonchev–Trinajstić information content (AvgIpc) is 2.78. The molecule has 0 saturated heterocycles. The van der Waals surface area contributed by atoms with Crippen molar-refractivity contribution < 1.29 is 9.59 Å². The van der Waals surface area contributed by atoms with Gasteiger partial charge >= 0.3 is 0 Å². The zero-order chi connectivity index (χ0) is 21.3. The molecule has 0 saturated carbocycles. The number of likely N-dealkylation sites (N-methyl/N-ethyl adjacent to an activating group) is 1. The lowest BCUT2D eigenvalue weighted by Gasteiger charge is -2.20. The maximum absolute atomic E-state index is 12.5. The van der Waals surface area contributed by atoms with Gasteiger partial charge in [-0.2, -0.15) is 0 Å². The van der Waals surface area contributed by atoms with Gasteiger partial charge in [0.1, 0.15) is 0 Å². The van der Waals surface area contributed by atoms with Crippen LogP contribution in [0.5, 0.6) is 0 Å². The van der Waals surface area contributed by atoms with Gasteiger partial charge in [-0.3, -0.25) is 14.6 Å². The lowest BCUT2D eigenvalue weighted by atomic mass is 10.0. The minimum absolute atomic E-state index is 0.00191. The Labute approximate surface area is 176 Å². The van der Waals surface area contributed by atoms with E-state index in [-0.39, 0.29) is 18.2 Å². The first-order chi connectivity index (χ1) is 14.5. The third-order valence-corrected chi connectivity index (χ3v) is 4.94. The normalized spacial score (nSPS) is 11.5. The number of nitrogens with zero attached hydrogens (tertiary/aromatic N) is 2. The van der Waals surface area contributed by atoms with E-state index in [4.69, 9.17) is 5.73 Å². The highest BCUT2D eigenvalue weighted by molar-refractivity contribution is 6.04. The van der Waals surface area contributed by atoms with E-state index in [9.17, 15) is 9.59 Å². The summed E-state index contributed by atoms with van der Waals surface area (Å²) in [6, 6.07) is 20.1. The molecule has 2 aromatic carbocycles. The fraction of sp³-hybridized carbons (Fsp3) is 0.208. The highest BCUT2D eigenvalue weighted by Gasteiger charge is 2.16. The van der Waals surface area contributed by atoms with Gasteiger partial charge in [0, 0.05) is 49.7 Å². The molecule has 1 unspecified atom stereocenters. The Morgan fingerprint density at radius 3 is 2.33 bits per heavy atom. The molecule has 1 aromatic heterocycles. The number of anilines is 1. The molecule has 3 rings (SSSR count). The summed E-state index contributed by atoms with van der Waals surface area (Å²) < 4.78 is 0. The number of carbonyl (C=O) groups is 2. The second-order valence-electron chi connectivity index (χ2n) is 7.17. The van der Waals surface area contributed by atoms with E-state index in [1.165, 1.54) is 5.56 Å². The predicted molar refractivity (Wildman–Crippen MR) is 118 cm³/mol. The molecule has 0 aliphatic heterocycles. The molecular weight excluding hydrogens is 376 g/mol. The Balaban J connectivity index is 1.51. The maximum Gasteiger partial charge on any atom is 0.255 e. The van der Waals surface area contributed by atoms with Crippen molar-refractivity contribution in [3.8, 4) is 0 Å². The number of amides is 2. The largest absolute Gasteiger partial charge is 0.345 e. The molecule has 2 amide bonds. The number of carbonyl (C=O) groups excluding carboxylic acids is 2. The molecule has 3 aromatic rings. The van der Waals surface area contributed by atoms with Crippen molar-refractivity contribution in [1.29, 1.82) is 0 Å². The van der Waals surface area contributed by atoms with Crippen LogP contribution in [0.4, 0.5) is 5.69 Å². The number of rotatable bonds is 8. The van der Waals surface area contributed by atoms with Crippen molar-refractivity contribution in [2.75, 3.05) is 18.9 Å². The molecular formula is C24H26N4O2. The van der Waals surface area contributed by atoms with Gasteiger partial charge in [0.2, 0.25) is 5.91 Å². The van der Waals surface area contributed by atoms with Crippen LogP contribution in [0.15, 0.2) is 79.1 Å². The van der Waals surface area contributed by atoms with Crippen LogP contribution in [0.3, 0.4) is 0 Å². The Hall–Kier alpha value is -3.51. The molecule has 0 fully saturated rings. The number of hydrogen-bond acceptors (Lipinski definition) is 4. The maximum atomic E-state index is 12.5. The second kappa shape index (κ2) is 10.3. The number of pyridine rings is 1. The van der Waals surface area contributed by atoms with Crippen molar-refractivity contribution in [3.05, 3.63) is 95.8 Å². The standard InChI is InChI=1S/C24H26N4O2/c1-28(16-13-18-5-3-2-4-6-18)23(29)17-22(25)19-7-9-20(10-8-19)24(30)27-21-11-14-26-15-12-21/h2-12,14-15,22H,13,16-17,25H2,1H3,(H,26,27,30). The summed E-state index contributed by atoms with van der Waals surface area (Å²) in [5, 5.41) is 2.81. The molecule has 0 spiro atoms. The fourth-order valence-corrected chi connectivity index (χ4v) is 3.05. The lowest BCUT2D eigenvalue weighted by molar-refractivity contribution is -0.130. The zero-order valence-corrected chi connectivity index (χ0v) is 17.0. The summed E-state index contributed by atoms with van der Waals surface area (Å²) in [5.74, 6) is -0.212. The van der Waals surface area contributed by atoms with Gasteiger partial charge in [-0.1, -0.05) is 42.5 Å². The van der Waals surface area contributed by atoms with E-state index in [2.05, 4.69) is 22.4 Å². The van der Waals surface area contributed by atoms with Crippen molar-refractivity contribution in [2.45, 2.75) is 18.9 Å². The molecule has 1 heterocycles. The third kappa shape index (κ3) is 5.99. The summed E-state index contributed by atoms with van der Waals surface area (Å²) in [5.41, 5.74) is 9.45. The summed E-state index contributed by atoms with van der Waals surface area (Å²) in [4.78, 5) is 30.5. The van der Waals surface area contributed by atoms with Crippen LogP contribution in [-0.2, 0) is 11.2 Å².